The number of nitrogens with one attached hydrogen (secondary N) is 2. The molecule has 7 heteroatoms. The van der Waals surface area contributed by atoms with Gasteiger partial charge in [-0.1, -0.05) is 11.6 Å². The molecule has 0 atom stereocenters. The highest BCUT2D eigenvalue weighted by molar-refractivity contribution is 6.33. The summed E-state index contributed by atoms with van der Waals surface area (Å²) >= 11 is 5.85. The largest absolute Gasteiger partial charge is 0.385 e. The standard InChI is InChI=1S/C10H15ClN4O2/c1-17-4-2-3-13-10(16)7-5-8(11)9(15-12)14-6-7/h5-6H,2-4,12H2,1H3,(H,13,16)(H,14,15). The fourth-order valence-corrected chi connectivity index (χ4v) is 1.41. The molecule has 94 valence electrons. The van der Waals surface area contributed by atoms with Crippen LogP contribution in [0.5, 0.6) is 0 Å². The minimum Gasteiger partial charge on any atom is -0.385 e. The monoisotopic (exact) mass is 258 g/mol. The zero-order valence-corrected chi connectivity index (χ0v) is 10.3. The van der Waals surface area contributed by atoms with Crippen LogP contribution in [0.3, 0.4) is 0 Å². The Kier molecular flexibility index (Phi) is 5.68. The van der Waals surface area contributed by atoms with Crippen molar-refractivity contribution in [1.82, 2.24) is 10.3 Å². The summed E-state index contributed by atoms with van der Waals surface area (Å²) in [6, 6.07) is 1.51. The van der Waals surface area contributed by atoms with E-state index in [0.717, 1.165) is 6.42 Å². The SMILES string of the molecule is COCCCNC(=O)c1cnc(NN)c(Cl)c1. The van der Waals surface area contributed by atoms with Crippen molar-refractivity contribution < 1.29 is 9.53 Å². The predicted octanol–water partition coefficient (Wildman–Crippen LogP) is 0.787. The molecule has 1 heterocycles. The van der Waals surface area contributed by atoms with E-state index in [-0.39, 0.29) is 5.91 Å². The number of hydrazine groups is 1. The van der Waals surface area contributed by atoms with Crippen LogP contribution in [0, 0.1) is 0 Å². The Hall–Kier alpha value is -1.37. The fraction of sp³-hybridized carbons (Fsp3) is 0.400. The molecule has 0 saturated carbocycles. The van der Waals surface area contributed by atoms with Gasteiger partial charge >= 0.3 is 0 Å². The molecule has 0 radical (unpaired) electrons. The number of hydrogen-bond donors (Lipinski definition) is 3. The zero-order valence-electron chi connectivity index (χ0n) is 9.50. The van der Waals surface area contributed by atoms with Gasteiger partial charge in [0.1, 0.15) is 0 Å². The number of pyridine rings is 1. The van der Waals surface area contributed by atoms with Crippen molar-refractivity contribution in [2.75, 3.05) is 25.7 Å². The van der Waals surface area contributed by atoms with Gasteiger partial charge in [0.15, 0.2) is 5.82 Å². The molecule has 0 spiro atoms. The van der Waals surface area contributed by atoms with Crippen molar-refractivity contribution in [3.05, 3.63) is 22.8 Å². The molecule has 0 fully saturated rings. The summed E-state index contributed by atoms with van der Waals surface area (Å²) in [5.74, 6) is 5.29. The summed E-state index contributed by atoms with van der Waals surface area (Å²) in [4.78, 5) is 15.6. The van der Waals surface area contributed by atoms with E-state index < -0.39 is 0 Å². The van der Waals surface area contributed by atoms with Crippen LogP contribution >= 0.6 is 11.6 Å². The highest BCUT2D eigenvalue weighted by Crippen LogP contribution is 2.18. The quantitative estimate of drug-likeness (QED) is 0.399. The van der Waals surface area contributed by atoms with Gasteiger partial charge in [0.2, 0.25) is 0 Å². The first-order valence-corrected chi connectivity index (χ1v) is 5.46. The van der Waals surface area contributed by atoms with Crippen LogP contribution in [-0.4, -0.2) is 31.2 Å². The first kappa shape index (κ1) is 13.7. The number of halogens is 1. The van der Waals surface area contributed by atoms with E-state index in [1.165, 1.54) is 12.3 Å². The Balaban J connectivity index is 2.54. The number of ether oxygens (including phenoxy) is 1. The lowest BCUT2D eigenvalue weighted by molar-refractivity contribution is 0.0948. The summed E-state index contributed by atoms with van der Waals surface area (Å²) in [6.45, 7) is 1.15. The highest BCUT2D eigenvalue weighted by Gasteiger charge is 2.08. The average molecular weight is 259 g/mol. The number of nitrogens with two attached hydrogens (primary N) is 1. The van der Waals surface area contributed by atoms with Crippen molar-refractivity contribution in [3.63, 3.8) is 0 Å². The Morgan fingerprint density at radius 2 is 2.41 bits per heavy atom. The number of aromatic nitrogens is 1. The van der Waals surface area contributed by atoms with Gasteiger partial charge in [-0.15, -0.1) is 0 Å². The molecule has 0 aliphatic heterocycles. The molecule has 1 rings (SSSR count). The van der Waals surface area contributed by atoms with E-state index in [4.69, 9.17) is 22.2 Å². The third kappa shape index (κ3) is 4.18. The molecule has 0 saturated heterocycles. The number of carbonyl (C=O) groups is 1. The average Bonchev–Trinajstić information content (AvgIpc) is 2.34. The maximum absolute atomic E-state index is 11.7. The van der Waals surface area contributed by atoms with Crippen molar-refractivity contribution in [3.8, 4) is 0 Å². The van der Waals surface area contributed by atoms with Gasteiger partial charge < -0.3 is 15.5 Å². The Morgan fingerprint density at radius 1 is 1.65 bits per heavy atom. The molecule has 0 unspecified atom stereocenters. The number of methoxy groups -OCH3 is 1. The van der Waals surface area contributed by atoms with Crippen molar-refractivity contribution in [1.29, 1.82) is 0 Å². The van der Waals surface area contributed by atoms with Gasteiger partial charge in [-0.2, -0.15) is 0 Å². The maximum atomic E-state index is 11.7. The van der Waals surface area contributed by atoms with Gasteiger partial charge in [0, 0.05) is 26.5 Å². The van der Waals surface area contributed by atoms with Gasteiger partial charge in [-0.3, -0.25) is 4.79 Å². The van der Waals surface area contributed by atoms with E-state index in [1.807, 2.05) is 0 Å². The lowest BCUT2D eigenvalue weighted by Gasteiger charge is -2.06. The molecular weight excluding hydrogens is 244 g/mol. The van der Waals surface area contributed by atoms with Gasteiger partial charge in [-0.05, 0) is 12.5 Å². The first-order valence-electron chi connectivity index (χ1n) is 5.08. The second-order valence-corrected chi connectivity index (χ2v) is 3.71. The van der Waals surface area contributed by atoms with Crippen molar-refractivity contribution in [2.45, 2.75) is 6.42 Å². The summed E-state index contributed by atoms with van der Waals surface area (Å²) in [5, 5.41) is 3.03. The number of carbonyl (C=O) groups excluding carboxylic acids is 1. The van der Waals surface area contributed by atoms with Crippen LogP contribution in [0.15, 0.2) is 12.3 Å². The molecule has 0 bridgehead atoms. The van der Waals surface area contributed by atoms with Gasteiger partial charge in [0.05, 0.1) is 10.6 Å². The van der Waals surface area contributed by atoms with Crippen molar-refractivity contribution in [2.24, 2.45) is 5.84 Å². The van der Waals surface area contributed by atoms with E-state index >= 15 is 0 Å². The molecule has 6 nitrogen and oxygen atoms in total. The van der Waals surface area contributed by atoms with Crippen LogP contribution in [0.4, 0.5) is 5.82 Å². The van der Waals surface area contributed by atoms with E-state index in [9.17, 15) is 4.79 Å². The van der Waals surface area contributed by atoms with E-state index in [0.29, 0.717) is 29.6 Å². The van der Waals surface area contributed by atoms with Gasteiger partial charge in [-0.25, -0.2) is 10.8 Å². The Bertz CT molecular complexity index is 387. The third-order valence-electron chi connectivity index (χ3n) is 2.05. The summed E-state index contributed by atoms with van der Waals surface area (Å²) in [5.41, 5.74) is 2.72. The summed E-state index contributed by atoms with van der Waals surface area (Å²) < 4.78 is 4.87. The Labute approximate surface area is 104 Å². The number of nitrogens with zero attached hydrogens (tertiary/aromatic N) is 1. The molecule has 0 aliphatic carbocycles. The molecule has 4 N–H and O–H groups in total. The van der Waals surface area contributed by atoms with E-state index in [2.05, 4.69) is 15.7 Å². The minimum absolute atomic E-state index is 0.223. The number of amides is 1. The maximum Gasteiger partial charge on any atom is 0.252 e. The second kappa shape index (κ2) is 7.05. The van der Waals surface area contributed by atoms with Crippen molar-refractivity contribution >= 4 is 23.3 Å². The molecule has 17 heavy (non-hydrogen) atoms. The molecule has 1 aromatic rings. The first-order chi connectivity index (χ1) is 8.19. The van der Waals surface area contributed by atoms with E-state index in [1.54, 1.807) is 7.11 Å². The lowest BCUT2D eigenvalue weighted by Crippen LogP contribution is -2.25. The second-order valence-electron chi connectivity index (χ2n) is 3.30. The van der Waals surface area contributed by atoms with Crippen LogP contribution < -0.4 is 16.6 Å². The van der Waals surface area contributed by atoms with Crippen LogP contribution in [-0.2, 0) is 4.74 Å². The molecule has 0 aliphatic rings. The highest BCUT2D eigenvalue weighted by atomic mass is 35.5. The molecule has 1 aromatic heterocycles. The Morgan fingerprint density at radius 3 is 3.00 bits per heavy atom. The molecular formula is C10H15ClN4O2. The minimum atomic E-state index is -0.223. The third-order valence-corrected chi connectivity index (χ3v) is 2.34. The van der Waals surface area contributed by atoms with Crippen LogP contribution in [0.1, 0.15) is 16.8 Å². The normalized spacial score (nSPS) is 10.1. The number of anilines is 1. The predicted molar refractivity (Wildman–Crippen MR) is 65.9 cm³/mol. The zero-order chi connectivity index (χ0) is 12.7. The fourth-order valence-electron chi connectivity index (χ4n) is 1.19. The van der Waals surface area contributed by atoms with Crippen LogP contribution in [0.25, 0.3) is 0 Å². The summed E-state index contributed by atoms with van der Waals surface area (Å²) in [7, 11) is 1.62. The smallest absolute Gasteiger partial charge is 0.252 e. The molecule has 0 aromatic carbocycles. The summed E-state index contributed by atoms with van der Waals surface area (Å²) in [6.07, 6.45) is 2.17. The number of hydrogen-bond acceptors (Lipinski definition) is 5. The van der Waals surface area contributed by atoms with Gasteiger partial charge in [0.25, 0.3) is 5.91 Å². The topological polar surface area (TPSA) is 89.3 Å². The number of nitrogen functional groups attached to an aromatic ring is 1. The number of rotatable bonds is 6. The van der Waals surface area contributed by atoms with Crippen LogP contribution in [0.2, 0.25) is 5.02 Å². The molecule has 1 amide bonds. The lowest BCUT2D eigenvalue weighted by atomic mass is 10.2.